The Morgan fingerprint density at radius 2 is 1.56 bits per heavy atom. The zero-order valence-corrected chi connectivity index (χ0v) is 14.8. The molecule has 1 atom stereocenters. The standard InChI is InChI=1S/C21H26N2O2/c1-2-17-8-10-18(11-9-17)16-20(21(24)25)23-14-12-22(13-15-23)19-6-4-3-5-7-19/h3-11,20H,2,12-16H2,1H3,(H,24,25)/t20-/m0/s1. The Balaban J connectivity index is 1.62. The average molecular weight is 338 g/mol. The first-order chi connectivity index (χ1) is 12.2. The van der Waals surface area contributed by atoms with Crippen molar-refractivity contribution >= 4 is 11.7 Å². The van der Waals surface area contributed by atoms with Gasteiger partial charge >= 0.3 is 5.97 Å². The van der Waals surface area contributed by atoms with Crippen LogP contribution in [0.5, 0.6) is 0 Å². The maximum atomic E-state index is 11.8. The summed E-state index contributed by atoms with van der Waals surface area (Å²) in [5.41, 5.74) is 3.59. The van der Waals surface area contributed by atoms with E-state index in [-0.39, 0.29) is 0 Å². The monoisotopic (exact) mass is 338 g/mol. The minimum absolute atomic E-state index is 0.453. The number of carbonyl (C=O) groups is 1. The van der Waals surface area contributed by atoms with Gasteiger partial charge < -0.3 is 10.0 Å². The summed E-state index contributed by atoms with van der Waals surface area (Å²) in [7, 11) is 0. The Labute approximate surface area is 149 Å². The predicted molar refractivity (Wildman–Crippen MR) is 101 cm³/mol. The van der Waals surface area contributed by atoms with Gasteiger partial charge in [-0.1, -0.05) is 49.4 Å². The van der Waals surface area contributed by atoms with Crippen molar-refractivity contribution in [2.45, 2.75) is 25.8 Å². The van der Waals surface area contributed by atoms with Crippen LogP contribution in [-0.4, -0.2) is 48.2 Å². The fraction of sp³-hybridized carbons (Fsp3) is 0.381. The van der Waals surface area contributed by atoms with E-state index in [1.54, 1.807) is 0 Å². The number of nitrogens with zero attached hydrogens (tertiary/aromatic N) is 2. The van der Waals surface area contributed by atoms with Gasteiger partial charge in [0.1, 0.15) is 6.04 Å². The number of carboxylic acid groups (broad SMARTS) is 1. The number of benzene rings is 2. The fourth-order valence-corrected chi connectivity index (χ4v) is 3.44. The Bertz CT molecular complexity index is 677. The molecule has 0 saturated carbocycles. The van der Waals surface area contributed by atoms with E-state index in [9.17, 15) is 9.90 Å². The van der Waals surface area contributed by atoms with Crippen molar-refractivity contribution in [3.8, 4) is 0 Å². The van der Waals surface area contributed by atoms with Gasteiger partial charge in [0.15, 0.2) is 0 Å². The summed E-state index contributed by atoms with van der Waals surface area (Å²) in [5, 5.41) is 9.72. The van der Waals surface area contributed by atoms with Gasteiger partial charge in [-0.2, -0.15) is 0 Å². The van der Waals surface area contributed by atoms with Crippen molar-refractivity contribution in [1.29, 1.82) is 0 Å². The van der Waals surface area contributed by atoms with Gasteiger partial charge in [0.2, 0.25) is 0 Å². The van der Waals surface area contributed by atoms with Crippen LogP contribution in [0.25, 0.3) is 0 Å². The van der Waals surface area contributed by atoms with Crippen molar-refractivity contribution < 1.29 is 9.90 Å². The van der Waals surface area contributed by atoms with Crippen molar-refractivity contribution in [3.63, 3.8) is 0 Å². The molecule has 0 unspecified atom stereocenters. The highest BCUT2D eigenvalue weighted by Gasteiger charge is 2.29. The lowest BCUT2D eigenvalue weighted by molar-refractivity contribution is -0.143. The smallest absolute Gasteiger partial charge is 0.321 e. The van der Waals surface area contributed by atoms with Gasteiger partial charge in [0, 0.05) is 31.9 Å². The lowest BCUT2D eigenvalue weighted by atomic mass is 10.0. The molecule has 25 heavy (non-hydrogen) atoms. The Morgan fingerprint density at radius 1 is 0.960 bits per heavy atom. The molecule has 0 spiro atoms. The summed E-state index contributed by atoms with van der Waals surface area (Å²) in [6, 6.07) is 18.2. The van der Waals surface area contributed by atoms with Crippen LogP contribution < -0.4 is 4.90 Å². The maximum absolute atomic E-state index is 11.8. The largest absolute Gasteiger partial charge is 0.480 e. The minimum atomic E-state index is -0.729. The second-order valence-electron chi connectivity index (χ2n) is 6.59. The Hall–Kier alpha value is -2.33. The Kier molecular flexibility index (Phi) is 5.71. The van der Waals surface area contributed by atoms with E-state index in [1.807, 2.05) is 18.2 Å². The average Bonchev–Trinajstić information content (AvgIpc) is 2.67. The van der Waals surface area contributed by atoms with Gasteiger partial charge in [-0.05, 0) is 36.1 Å². The quantitative estimate of drug-likeness (QED) is 0.879. The van der Waals surface area contributed by atoms with E-state index in [2.05, 4.69) is 53.1 Å². The van der Waals surface area contributed by atoms with E-state index in [0.29, 0.717) is 6.42 Å². The summed E-state index contributed by atoms with van der Waals surface area (Å²) < 4.78 is 0. The molecule has 1 N–H and O–H groups in total. The molecule has 3 rings (SSSR count). The van der Waals surface area contributed by atoms with Gasteiger partial charge in [-0.25, -0.2) is 0 Å². The van der Waals surface area contributed by atoms with Crippen LogP contribution >= 0.6 is 0 Å². The van der Waals surface area contributed by atoms with E-state index in [0.717, 1.165) is 38.2 Å². The zero-order valence-electron chi connectivity index (χ0n) is 14.8. The molecular weight excluding hydrogens is 312 g/mol. The highest BCUT2D eigenvalue weighted by Crippen LogP contribution is 2.18. The van der Waals surface area contributed by atoms with E-state index in [1.165, 1.54) is 11.3 Å². The molecule has 0 amide bonds. The van der Waals surface area contributed by atoms with Gasteiger partial charge in [-0.15, -0.1) is 0 Å². The summed E-state index contributed by atoms with van der Waals surface area (Å²) in [5.74, 6) is -0.729. The molecule has 0 aliphatic carbocycles. The third-order valence-corrected chi connectivity index (χ3v) is 5.02. The normalized spacial score (nSPS) is 16.6. The number of anilines is 1. The molecule has 1 heterocycles. The highest BCUT2D eigenvalue weighted by atomic mass is 16.4. The first-order valence-electron chi connectivity index (χ1n) is 9.02. The van der Waals surface area contributed by atoms with Crippen molar-refractivity contribution in [3.05, 3.63) is 65.7 Å². The van der Waals surface area contributed by atoms with Gasteiger partial charge in [0.05, 0.1) is 0 Å². The summed E-state index contributed by atoms with van der Waals surface area (Å²) >= 11 is 0. The number of hydrogen-bond donors (Lipinski definition) is 1. The molecule has 0 aromatic heterocycles. The first-order valence-corrected chi connectivity index (χ1v) is 9.02. The molecule has 1 fully saturated rings. The molecule has 2 aromatic rings. The molecule has 4 heteroatoms. The number of rotatable bonds is 6. The van der Waals surface area contributed by atoms with Gasteiger partial charge in [0.25, 0.3) is 0 Å². The third kappa shape index (κ3) is 4.40. The summed E-state index contributed by atoms with van der Waals surface area (Å²) in [6.45, 7) is 5.41. The molecule has 4 nitrogen and oxygen atoms in total. The molecule has 0 bridgehead atoms. The van der Waals surface area contributed by atoms with Crippen molar-refractivity contribution in [2.75, 3.05) is 31.1 Å². The number of piperazine rings is 1. The van der Waals surface area contributed by atoms with Crippen LogP contribution in [0.4, 0.5) is 5.69 Å². The van der Waals surface area contributed by atoms with Crippen LogP contribution in [-0.2, 0) is 17.6 Å². The SMILES string of the molecule is CCc1ccc(C[C@@H](C(=O)O)N2CCN(c3ccccc3)CC2)cc1. The van der Waals surface area contributed by atoms with Gasteiger partial charge in [-0.3, -0.25) is 9.69 Å². The molecule has 1 aliphatic rings. The highest BCUT2D eigenvalue weighted by molar-refractivity contribution is 5.74. The first kappa shape index (κ1) is 17.5. The van der Waals surface area contributed by atoms with E-state index in [4.69, 9.17) is 0 Å². The van der Waals surface area contributed by atoms with E-state index < -0.39 is 12.0 Å². The number of para-hydroxylation sites is 1. The van der Waals surface area contributed by atoms with Crippen LogP contribution in [0.2, 0.25) is 0 Å². The van der Waals surface area contributed by atoms with Crippen LogP contribution in [0, 0.1) is 0 Å². The van der Waals surface area contributed by atoms with Crippen molar-refractivity contribution in [2.24, 2.45) is 0 Å². The van der Waals surface area contributed by atoms with E-state index >= 15 is 0 Å². The molecule has 132 valence electrons. The minimum Gasteiger partial charge on any atom is -0.480 e. The summed E-state index contributed by atoms with van der Waals surface area (Å²) in [4.78, 5) is 16.3. The maximum Gasteiger partial charge on any atom is 0.321 e. The zero-order chi connectivity index (χ0) is 17.6. The Morgan fingerprint density at radius 3 is 2.12 bits per heavy atom. The number of aliphatic carboxylic acids is 1. The lowest BCUT2D eigenvalue weighted by Gasteiger charge is -2.38. The van der Waals surface area contributed by atoms with Crippen LogP contribution in [0.1, 0.15) is 18.1 Å². The van der Waals surface area contributed by atoms with Crippen LogP contribution in [0.15, 0.2) is 54.6 Å². The lowest BCUT2D eigenvalue weighted by Crippen LogP contribution is -2.53. The number of aryl methyl sites for hydroxylation is 1. The number of carboxylic acids is 1. The molecule has 2 aromatic carbocycles. The third-order valence-electron chi connectivity index (χ3n) is 5.02. The number of hydrogen-bond acceptors (Lipinski definition) is 3. The van der Waals surface area contributed by atoms with Crippen molar-refractivity contribution in [1.82, 2.24) is 4.90 Å². The predicted octanol–water partition coefficient (Wildman–Crippen LogP) is 3.07. The molecular formula is C21H26N2O2. The molecule has 1 saturated heterocycles. The fourth-order valence-electron chi connectivity index (χ4n) is 3.44. The summed E-state index contributed by atoms with van der Waals surface area (Å²) in [6.07, 6.45) is 1.56. The molecule has 1 aliphatic heterocycles. The van der Waals surface area contributed by atoms with Crippen LogP contribution in [0.3, 0.4) is 0 Å². The molecule has 0 radical (unpaired) electrons. The second kappa shape index (κ2) is 8.17. The topological polar surface area (TPSA) is 43.8 Å². The second-order valence-corrected chi connectivity index (χ2v) is 6.59.